The highest BCUT2D eigenvalue weighted by Crippen LogP contribution is 2.17. The van der Waals surface area contributed by atoms with E-state index in [0.29, 0.717) is 18.3 Å². The first-order valence-corrected chi connectivity index (χ1v) is 5.28. The number of aldehydes is 1. The third-order valence-corrected chi connectivity index (χ3v) is 2.73. The molecule has 0 aromatic carbocycles. The van der Waals surface area contributed by atoms with Crippen LogP contribution in [0.15, 0.2) is 4.52 Å². The number of aryl methyl sites for hydroxylation is 1. The molecule has 0 N–H and O–H groups in total. The van der Waals surface area contributed by atoms with Gasteiger partial charge in [-0.1, -0.05) is 11.6 Å². The number of nitrogens with zero attached hydrogens (tertiary/aromatic N) is 3. The first-order chi connectivity index (χ1) is 7.29. The minimum atomic E-state index is 0.0194. The van der Waals surface area contributed by atoms with Gasteiger partial charge in [-0.05, 0) is 26.3 Å². The lowest BCUT2D eigenvalue weighted by Crippen LogP contribution is -2.39. The maximum atomic E-state index is 10.9. The summed E-state index contributed by atoms with van der Waals surface area (Å²) in [5, 5.41) is 3.73. The normalized spacial score (nSPS) is 22.9. The standard InChI is InChI=1S/C10H15N3O2/c1-8-11-10(15-12-8)6-13-5-3-2-4-9(13)7-14/h7,9H,2-6H2,1H3. The molecule has 0 aliphatic carbocycles. The van der Waals surface area contributed by atoms with Crippen molar-refractivity contribution in [2.45, 2.75) is 38.8 Å². The van der Waals surface area contributed by atoms with Gasteiger partial charge in [-0.15, -0.1) is 0 Å². The van der Waals surface area contributed by atoms with Crippen molar-refractivity contribution >= 4 is 6.29 Å². The summed E-state index contributed by atoms with van der Waals surface area (Å²) in [4.78, 5) is 17.1. The molecule has 1 aromatic rings. The summed E-state index contributed by atoms with van der Waals surface area (Å²) in [5.74, 6) is 1.24. The van der Waals surface area contributed by atoms with E-state index in [1.807, 2.05) is 0 Å². The molecular weight excluding hydrogens is 194 g/mol. The van der Waals surface area contributed by atoms with Crippen LogP contribution in [0, 0.1) is 6.92 Å². The van der Waals surface area contributed by atoms with E-state index in [2.05, 4.69) is 15.0 Å². The molecule has 1 fully saturated rings. The van der Waals surface area contributed by atoms with E-state index in [1.165, 1.54) is 0 Å². The Kier molecular flexibility index (Phi) is 3.11. The number of likely N-dealkylation sites (tertiary alicyclic amines) is 1. The van der Waals surface area contributed by atoms with Gasteiger partial charge in [0.05, 0.1) is 12.6 Å². The fourth-order valence-electron chi connectivity index (χ4n) is 1.95. The van der Waals surface area contributed by atoms with E-state index in [0.717, 1.165) is 32.1 Å². The van der Waals surface area contributed by atoms with Gasteiger partial charge >= 0.3 is 0 Å². The van der Waals surface area contributed by atoms with E-state index < -0.39 is 0 Å². The van der Waals surface area contributed by atoms with Gasteiger partial charge in [0.1, 0.15) is 6.29 Å². The molecule has 5 nitrogen and oxygen atoms in total. The number of hydrogen-bond acceptors (Lipinski definition) is 5. The molecule has 1 aromatic heterocycles. The van der Waals surface area contributed by atoms with Crippen molar-refractivity contribution in [3.8, 4) is 0 Å². The van der Waals surface area contributed by atoms with Crippen LogP contribution >= 0.6 is 0 Å². The Labute approximate surface area is 88.5 Å². The molecule has 0 saturated carbocycles. The summed E-state index contributed by atoms with van der Waals surface area (Å²) in [6.07, 6.45) is 4.22. The zero-order valence-corrected chi connectivity index (χ0v) is 8.85. The molecule has 1 atom stereocenters. The summed E-state index contributed by atoms with van der Waals surface area (Å²) in [7, 11) is 0. The van der Waals surface area contributed by atoms with E-state index in [1.54, 1.807) is 6.92 Å². The number of carbonyl (C=O) groups is 1. The highest BCUT2D eigenvalue weighted by Gasteiger charge is 2.23. The lowest BCUT2D eigenvalue weighted by molar-refractivity contribution is -0.113. The summed E-state index contributed by atoms with van der Waals surface area (Å²) < 4.78 is 5.04. The topological polar surface area (TPSA) is 59.2 Å². The highest BCUT2D eigenvalue weighted by molar-refractivity contribution is 5.57. The molecule has 0 amide bonds. The Morgan fingerprint density at radius 3 is 3.13 bits per heavy atom. The smallest absolute Gasteiger partial charge is 0.240 e. The predicted molar refractivity (Wildman–Crippen MR) is 53.1 cm³/mol. The molecule has 5 heteroatoms. The zero-order chi connectivity index (χ0) is 10.7. The molecular formula is C10H15N3O2. The van der Waals surface area contributed by atoms with E-state index >= 15 is 0 Å². The fourth-order valence-corrected chi connectivity index (χ4v) is 1.95. The lowest BCUT2D eigenvalue weighted by Gasteiger charge is -2.30. The first kappa shape index (κ1) is 10.3. The molecule has 2 heterocycles. The second kappa shape index (κ2) is 4.53. The van der Waals surface area contributed by atoms with Crippen molar-refractivity contribution in [1.82, 2.24) is 15.0 Å². The summed E-state index contributed by atoms with van der Waals surface area (Å²) in [6.45, 7) is 3.31. The Morgan fingerprint density at radius 2 is 2.47 bits per heavy atom. The summed E-state index contributed by atoms with van der Waals surface area (Å²) >= 11 is 0. The largest absolute Gasteiger partial charge is 0.338 e. The minimum absolute atomic E-state index is 0.0194. The molecule has 15 heavy (non-hydrogen) atoms. The van der Waals surface area contributed by atoms with Crippen LogP contribution in [0.2, 0.25) is 0 Å². The van der Waals surface area contributed by atoms with Gasteiger partial charge in [-0.3, -0.25) is 4.90 Å². The van der Waals surface area contributed by atoms with Crippen LogP contribution in [-0.4, -0.2) is 33.9 Å². The fraction of sp³-hybridized carbons (Fsp3) is 0.700. The van der Waals surface area contributed by atoms with Crippen molar-refractivity contribution in [2.24, 2.45) is 0 Å². The Bertz CT molecular complexity index is 337. The van der Waals surface area contributed by atoms with Crippen molar-refractivity contribution in [3.63, 3.8) is 0 Å². The van der Waals surface area contributed by atoms with Crippen molar-refractivity contribution in [3.05, 3.63) is 11.7 Å². The van der Waals surface area contributed by atoms with Crippen molar-refractivity contribution in [2.75, 3.05) is 6.54 Å². The van der Waals surface area contributed by atoms with Crippen molar-refractivity contribution < 1.29 is 9.32 Å². The van der Waals surface area contributed by atoms with Crippen LogP contribution in [0.5, 0.6) is 0 Å². The van der Waals surface area contributed by atoms with Crippen LogP contribution in [0.25, 0.3) is 0 Å². The Balaban J connectivity index is 2.00. The number of rotatable bonds is 3. The van der Waals surface area contributed by atoms with Crippen molar-refractivity contribution in [1.29, 1.82) is 0 Å². The van der Waals surface area contributed by atoms with Gasteiger partial charge in [-0.2, -0.15) is 4.98 Å². The number of carbonyl (C=O) groups excluding carboxylic acids is 1. The van der Waals surface area contributed by atoms with Gasteiger partial charge in [-0.25, -0.2) is 0 Å². The molecule has 1 saturated heterocycles. The van der Waals surface area contributed by atoms with Gasteiger partial charge in [0.15, 0.2) is 5.82 Å². The molecule has 82 valence electrons. The van der Waals surface area contributed by atoms with E-state index in [4.69, 9.17) is 4.52 Å². The monoisotopic (exact) mass is 209 g/mol. The summed E-state index contributed by atoms with van der Waals surface area (Å²) in [5.41, 5.74) is 0. The minimum Gasteiger partial charge on any atom is -0.338 e. The first-order valence-electron chi connectivity index (χ1n) is 5.28. The average Bonchev–Trinajstić information content (AvgIpc) is 2.65. The molecule has 1 aliphatic heterocycles. The van der Waals surface area contributed by atoms with Crippen LogP contribution < -0.4 is 0 Å². The molecule has 0 radical (unpaired) electrons. The van der Waals surface area contributed by atoms with Gasteiger partial charge in [0, 0.05) is 0 Å². The van der Waals surface area contributed by atoms with Gasteiger partial charge in [0.2, 0.25) is 5.89 Å². The van der Waals surface area contributed by atoms with Gasteiger partial charge < -0.3 is 9.32 Å². The van der Waals surface area contributed by atoms with Crippen LogP contribution in [0.4, 0.5) is 0 Å². The lowest BCUT2D eigenvalue weighted by atomic mass is 10.0. The second-order valence-corrected chi connectivity index (χ2v) is 3.91. The predicted octanol–water partition coefficient (Wildman–Crippen LogP) is 0.931. The number of aromatic nitrogens is 2. The Hall–Kier alpha value is -1.23. The zero-order valence-electron chi connectivity index (χ0n) is 8.85. The SMILES string of the molecule is Cc1noc(CN2CCCCC2C=O)n1. The van der Waals surface area contributed by atoms with Gasteiger partial charge in [0.25, 0.3) is 0 Å². The second-order valence-electron chi connectivity index (χ2n) is 3.91. The molecule has 1 aliphatic rings. The highest BCUT2D eigenvalue weighted by atomic mass is 16.5. The average molecular weight is 209 g/mol. The third-order valence-electron chi connectivity index (χ3n) is 2.73. The molecule has 2 rings (SSSR count). The van der Waals surface area contributed by atoms with E-state index in [-0.39, 0.29) is 6.04 Å². The molecule has 0 spiro atoms. The van der Waals surface area contributed by atoms with E-state index in [9.17, 15) is 4.79 Å². The molecule has 1 unspecified atom stereocenters. The number of hydrogen-bond donors (Lipinski definition) is 0. The van der Waals surface area contributed by atoms with Crippen LogP contribution in [0.3, 0.4) is 0 Å². The summed E-state index contributed by atoms with van der Waals surface area (Å²) in [6, 6.07) is 0.0194. The maximum Gasteiger partial charge on any atom is 0.240 e. The van der Waals surface area contributed by atoms with Crippen LogP contribution in [-0.2, 0) is 11.3 Å². The number of piperidine rings is 1. The molecule has 0 bridgehead atoms. The Morgan fingerprint density at radius 1 is 1.60 bits per heavy atom. The van der Waals surface area contributed by atoms with Crippen LogP contribution in [0.1, 0.15) is 31.0 Å². The quantitative estimate of drug-likeness (QED) is 0.693. The maximum absolute atomic E-state index is 10.9. The third kappa shape index (κ3) is 2.41.